The largest absolute Gasteiger partial charge is 0.395 e. The van der Waals surface area contributed by atoms with E-state index in [1.54, 1.807) is 12.3 Å². The van der Waals surface area contributed by atoms with Gasteiger partial charge in [0.05, 0.1) is 17.8 Å². The summed E-state index contributed by atoms with van der Waals surface area (Å²) < 4.78 is 13.4. The van der Waals surface area contributed by atoms with E-state index in [2.05, 4.69) is 17.3 Å². The Morgan fingerprint density at radius 3 is 2.86 bits per heavy atom. The standard InChI is InChI=1S/C17H24FN3O/c1-2-3-4-5-11-21(20-10-12-22)17-8-9-19-16-13-14(18)6-7-15(16)17/h6-9,13,20,22H,2-5,10-12H2,1H3. The highest BCUT2D eigenvalue weighted by atomic mass is 19.1. The summed E-state index contributed by atoms with van der Waals surface area (Å²) in [6.45, 7) is 3.59. The molecule has 0 aliphatic rings. The molecule has 0 aliphatic heterocycles. The first-order valence-electron chi connectivity index (χ1n) is 7.92. The fourth-order valence-corrected chi connectivity index (χ4v) is 2.51. The first kappa shape index (κ1) is 16.6. The third-order valence-electron chi connectivity index (χ3n) is 3.62. The summed E-state index contributed by atoms with van der Waals surface area (Å²) in [5.41, 5.74) is 4.84. The minimum Gasteiger partial charge on any atom is -0.395 e. The molecule has 0 unspecified atom stereocenters. The van der Waals surface area contributed by atoms with E-state index < -0.39 is 0 Å². The topological polar surface area (TPSA) is 48.4 Å². The zero-order chi connectivity index (χ0) is 15.8. The van der Waals surface area contributed by atoms with E-state index in [0.29, 0.717) is 12.1 Å². The van der Waals surface area contributed by atoms with Crippen LogP contribution in [0.5, 0.6) is 0 Å². The van der Waals surface area contributed by atoms with Crippen molar-refractivity contribution in [3.63, 3.8) is 0 Å². The van der Waals surface area contributed by atoms with Crippen LogP contribution < -0.4 is 10.4 Å². The zero-order valence-electron chi connectivity index (χ0n) is 13.1. The lowest BCUT2D eigenvalue weighted by molar-refractivity contribution is 0.290. The van der Waals surface area contributed by atoms with Gasteiger partial charge in [0.15, 0.2) is 0 Å². The molecular formula is C17H24FN3O. The van der Waals surface area contributed by atoms with E-state index in [4.69, 9.17) is 5.11 Å². The molecule has 2 N–H and O–H groups in total. The Morgan fingerprint density at radius 1 is 1.23 bits per heavy atom. The third-order valence-corrected chi connectivity index (χ3v) is 3.62. The second-order valence-corrected chi connectivity index (χ2v) is 5.34. The van der Waals surface area contributed by atoms with Crippen LogP contribution in [-0.2, 0) is 0 Å². The van der Waals surface area contributed by atoms with Crippen molar-refractivity contribution in [2.45, 2.75) is 32.6 Å². The summed E-state index contributed by atoms with van der Waals surface area (Å²) in [4.78, 5) is 4.23. The number of rotatable bonds is 9. The van der Waals surface area contributed by atoms with E-state index >= 15 is 0 Å². The van der Waals surface area contributed by atoms with Crippen molar-refractivity contribution >= 4 is 16.6 Å². The van der Waals surface area contributed by atoms with Crippen LogP contribution >= 0.6 is 0 Å². The molecule has 5 heteroatoms. The Kier molecular flexibility index (Phi) is 6.55. The molecule has 0 aliphatic carbocycles. The van der Waals surface area contributed by atoms with Crippen molar-refractivity contribution in [3.8, 4) is 0 Å². The van der Waals surface area contributed by atoms with E-state index in [1.165, 1.54) is 31.4 Å². The first-order valence-corrected chi connectivity index (χ1v) is 7.92. The molecule has 120 valence electrons. The quantitative estimate of drug-likeness (QED) is 0.551. The van der Waals surface area contributed by atoms with Crippen molar-refractivity contribution in [1.29, 1.82) is 0 Å². The molecule has 2 rings (SSSR count). The number of hydrogen-bond donors (Lipinski definition) is 2. The number of hydrogen-bond acceptors (Lipinski definition) is 4. The van der Waals surface area contributed by atoms with Gasteiger partial charge in [-0.15, -0.1) is 0 Å². The monoisotopic (exact) mass is 305 g/mol. The van der Waals surface area contributed by atoms with Gasteiger partial charge in [0.2, 0.25) is 0 Å². The summed E-state index contributed by atoms with van der Waals surface area (Å²) in [6, 6.07) is 6.58. The van der Waals surface area contributed by atoms with Crippen LogP contribution in [0.15, 0.2) is 30.5 Å². The minimum atomic E-state index is -0.282. The number of unbranched alkanes of at least 4 members (excludes halogenated alkanes) is 3. The van der Waals surface area contributed by atoms with Gasteiger partial charge in [-0.25, -0.2) is 9.82 Å². The highest BCUT2D eigenvalue weighted by Crippen LogP contribution is 2.25. The lowest BCUT2D eigenvalue weighted by atomic mass is 10.1. The predicted octanol–water partition coefficient (Wildman–Crippen LogP) is 3.26. The maximum absolute atomic E-state index is 13.4. The molecule has 4 nitrogen and oxygen atoms in total. The molecule has 0 bridgehead atoms. The zero-order valence-corrected chi connectivity index (χ0v) is 13.1. The Labute approximate surface area is 130 Å². The van der Waals surface area contributed by atoms with Gasteiger partial charge < -0.3 is 10.1 Å². The van der Waals surface area contributed by atoms with Gasteiger partial charge in [0.25, 0.3) is 0 Å². The number of anilines is 1. The molecule has 2 aromatic rings. The average Bonchev–Trinajstić information content (AvgIpc) is 2.53. The van der Waals surface area contributed by atoms with Gasteiger partial charge in [-0.3, -0.25) is 4.98 Å². The number of aliphatic hydroxyl groups is 1. The molecule has 0 saturated heterocycles. The Balaban J connectivity index is 2.21. The number of fused-ring (bicyclic) bond motifs is 1. The van der Waals surface area contributed by atoms with Crippen molar-refractivity contribution in [3.05, 3.63) is 36.3 Å². The Hall–Kier alpha value is -1.72. The van der Waals surface area contributed by atoms with E-state index in [0.717, 1.165) is 24.0 Å². The van der Waals surface area contributed by atoms with E-state index in [-0.39, 0.29) is 12.4 Å². The maximum atomic E-state index is 13.4. The molecule has 1 aromatic carbocycles. The van der Waals surface area contributed by atoms with Gasteiger partial charge in [-0.05, 0) is 24.6 Å². The summed E-state index contributed by atoms with van der Waals surface area (Å²) in [5.74, 6) is -0.282. The fourth-order valence-electron chi connectivity index (χ4n) is 2.51. The van der Waals surface area contributed by atoms with Crippen LogP contribution in [-0.4, -0.2) is 29.8 Å². The normalized spacial score (nSPS) is 11.0. The number of hydrazine groups is 1. The second-order valence-electron chi connectivity index (χ2n) is 5.34. The third kappa shape index (κ3) is 4.39. The van der Waals surface area contributed by atoms with Crippen LogP contribution in [0.1, 0.15) is 32.6 Å². The van der Waals surface area contributed by atoms with Crippen molar-refractivity contribution < 1.29 is 9.50 Å². The van der Waals surface area contributed by atoms with Gasteiger partial charge in [0.1, 0.15) is 5.82 Å². The van der Waals surface area contributed by atoms with Crippen molar-refractivity contribution in [1.82, 2.24) is 10.4 Å². The van der Waals surface area contributed by atoms with Crippen LogP contribution in [0.2, 0.25) is 0 Å². The number of pyridine rings is 1. The van der Waals surface area contributed by atoms with E-state index in [9.17, 15) is 4.39 Å². The fraction of sp³-hybridized carbons (Fsp3) is 0.471. The van der Waals surface area contributed by atoms with Crippen LogP contribution in [0.4, 0.5) is 10.1 Å². The number of aliphatic hydroxyl groups excluding tert-OH is 1. The predicted molar refractivity (Wildman–Crippen MR) is 88.3 cm³/mol. The molecule has 0 atom stereocenters. The van der Waals surface area contributed by atoms with Crippen molar-refractivity contribution in [2.75, 3.05) is 24.7 Å². The van der Waals surface area contributed by atoms with Gasteiger partial charge >= 0.3 is 0 Å². The highest BCUT2D eigenvalue weighted by Gasteiger charge is 2.10. The van der Waals surface area contributed by atoms with Crippen molar-refractivity contribution in [2.24, 2.45) is 0 Å². The average molecular weight is 305 g/mol. The van der Waals surface area contributed by atoms with Gasteiger partial charge in [0, 0.05) is 30.7 Å². The number of nitrogens with zero attached hydrogens (tertiary/aromatic N) is 2. The molecule has 0 radical (unpaired) electrons. The smallest absolute Gasteiger partial charge is 0.125 e. The van der Waals surface area contributed by atoms with E-state index in [1.807, 2.05) is 11.1 Å². The highest BCUT2D eigenvalue weighted by molar-refractivity contribution is 5.91. The Morgan fingerprint density at radius 2 is 2.09 bits per heavy atom. The van der Waals surface area contributed by atoms with Crippen LogP contribution in [0.3, 0.4) is 0 Å². The lowest BCUT2D eigenvalue weighted by Crippen LogP contribution is -2.40. The molecule has 22 heavy (non-hydrogen) atoms. The number of benzene rings is 1. The number of nitrogens with one attached hydrogen (secondary N) is 1. The minimum absolute atomic E-state index is 0.0725. The molecule has 1 aromatic heterocycles. The number of halogens is 1. The second kappa shape index (κ2) is 8.66. The van der Waals surface area contributed by atoms with Gasteiger partial charge in [-0.1, -0.05) is 26.2 Å². The maximum Gasteiger partial charge on any atom is 0.125 e. The summed E-state index contributed by atoms with van der Waals surface area (Å²) in [6.07, 6.45) is 6.34. The SMILES string of the molecule is CCCCCCN(NCCO)c1ccnc2cc(F)ccc12. The Bertz CT molecular complexity index is 591. The van der Waals surface area contributed by atoms with Gasteiger partial charge in [-0.2, -0.15) is 0 Å². The number of aromatic nitrogens is 1. The molecule has 1 heterocycles. The van der Waals surface area contributed by atoms with Crippen LogP contribution in [0, 0.1) is 5.82 Å². The first-order chi connectivity index (χ1) is 10.8. The molecule has 0 saturated carbocycles. The molecule has 0 spiro atoms. The summed E-state index contributed by atoms with van der Waals surface area (Å²) in [5, 5.41) is 12.0. The van der Waals surface area contributed by atoms with Crippen LogP contribution in [0.25, 0.3) is 10.9 Å². The molecule has 0 fully saturated rings. The summed E-state index contributed by atoms with van der Waals surface area (Å²) >= 11 is 0. The molecular weight excluding hydrogens is 281 g/mol. The summed E-state index contributed by atoms with van der Waals surface area (Å²) in [7, 11) is 0. The lowest BCUT2D eigenvalue weighted by Gasteiger charge is -2.26. The molecule has 0 amide bonds.